The lowest BCUT2D eigenvalue weighted by Crippen LogP contribution is -2.67. The molecule has 1 saturated heterocycles. The van der Waals surface area contributed by atoms with Crippen molar-refractivity contribution in [3.05, 3.63) is 69.8 Å². The molecule has 0 radical (unpaired) electrons. The summed E-state index contributed by atoms with van der Waals surface area (Å²) in [5, 5.41) is 161. The Morgan fingerprint density at radius 3 is 1.69 bits per heavy atom. The topological polar surface area (TPSA) is 453 Å². The molecule has 27 heteroatoms. The fourth-order valence-corrected chi connectivity index (χ4v) is 8.38. The summed E-state index contributed by atoms with van der Waals surface area (Å²) in [6.45, 7) is -1.29. The van der Waals surface area contributed by atoms with Crippen molar-refractivity contribution < 1.29 is 134 Å². The molecule has 0 amide bonds. The van der Waals surface area contributed by atoms with Gasteiger partial charge < -0.3 is 110 Å². The number of rotatable bonds is 2. The van der Waals surface area contributed by atoms with E-state index in [-0.39, 0.29) is 0 Å². The first-order valence-corrected chi connectivity index (χ1v) is 19.2. The van der Waals surface area contributed by atoms with E-state index in [1.54, 1.807) is 0 Å². The molecule has 0 aromatic heterocycles. The van der Waals surface area contributed by atoms with Crippen LogP contribution in [-0.4, -0.2) is 161 Å². The monoisotopic (exact) mass is 954 g/mol. The highest BCUT2D eigenvalue weighted by Crippen LogP contribution is 2.61. The molecule has 1 aliphatic carbocycles. The fraction of sp³-hybridized carbons (Fsp3) is 0.244. The molecule has 0 spiro atoms. The molecule has 356 valence electrons. The lowest BCUT2D eigenvalue weighted by Gasteiger charge is -2.45. The Bertz CT molecular complexity index is 2970. The number of phenols is 11. The van der Waals surface area contributed by atoms with Crippen molar-refractivity contribution in [1.82, 2.24) is 0 Å². The van der Waals surface area contributed by atoms with E-state index in [4.69, 9.17) is 33.2 Å². The van der Waals surface area contributed by atoms with Gasteiger partial charge in [0, 0.05) is 16.7 Å². The van der Waals surface area contributed by atoms with Crippen molar-refractivity contribution in [3.63, 3.8) is 0 Å². The number of carbonyl (C=O) groups is 5. The molecule has 4 aliphatic heterocycles. The van der Waals surface area contributed by atoms with E-state index in [0.29, 0.717) is 36.4 Å². The second-order valence-corrected chi connectivity index (χ2v) is 15.6. The summed E-state index contributed by atoms with van der Waals surface area (Å²) in [7, 11) is 0. The molecule has 4 aromatic carbocycles. The van der Waals surface area contributed by atoms with E-state index >= 15 is 0 Å². The average Bonchev–Trinajstić information content (AvgIpc) is 3.61. The van der Waals surface area contributed by atoms with Gasteiger partial charge in [0.25, 0.3) is 11.6 Å². The molecule has 4 heterocycles. The summed E-state index contributed by atoms with van der Waals surface area (Å²) in [5.74, 6) is -33.7. The minimum Gasteiger partial charge on any atom is -0.504 e. The highest BCUT2D eigenvalue weighted by Gasteiger charge is 2.70. The summed E-state index contributed by atoms with van der Waals surface area (Å²) in [4.78, 5) is 71.5. The Kier molecular flexibility index (Phi) is 9.80. The van der Waals surface area contributed by atoms with E-state index in [2.05, 4.69) is 0 Å². The molecule has 4 bridgehead atoms. The average molecular weight is 955 g/mol. The van der Waals surface area contributed by atoms with Gasteiger partial charge in [-0.15, -0.1) is 0 Å². The van der Waals surface area contributed by atoms with Gasteiger partial charge in [-0.3, -0.25) is 0 Å². The van der Waals surface area contributed by atoms with Gasteiger partial charge in [-0.2, -0.15) is 0 Å². The first kappa shape index (κ1) is 44.6. The molecule has 5 aliphatic rings. The zero-order valence-electron chi connectivity index (χ0n) is 33.3. The van der Waals surface area contributed by atoms with E-state index in [0.717, 1.165) is 0 Å². The van der Waals surface area contributed by atoms with E-state index < -0.39 is 204 Å². The van der Waals surface area contributed by atoms with Crippen LogP contribution in [0.1, 0.15) is 52.9 Å². The van der Waals surface area contributed by atoms with Crippen LogP contribution in [0, 0.1) is 0 Å². The molecule has 68 heavy (non-hydrogen) atoms. The molecule has 27 nitrogen and oxygen atoms in total. The Morgan fingerprint density at radius 2 is 1.09 bits per heavy atom. The summed E-state index contributed by atoms with van der Waals surface area (Å²) in [6, 6.07) is 2.42. The van der Waals surface area contributed by atoms with Crippen molar-refractivity contribution in [3.8, 4) is 80.1 Å². The zero-order valence-corrected chi connectivity index (χ0v) is 33.3. The first-order chi connectivity index (χ1) is 31.9. The van der Waals surface area contributed by atoms with Crippen molar-refractivity contribution in [1.29, 1.82) is 0 Å². The number of esters is 5. The Hall–Kier alpha value is -8.63. The number of aromatic hydroxyl groups is 11. The maximum Gasteiger partial charge on any atom is 0.340 e. The van der Waals surface area contributed by atoms with Crippen LogP contribution in [0.5, 0.6) is 69.0 Å². The second kappa shape index (κ2) is 14.9. The summed E-state index contributed by atoms with van der Waals surface area (Å²) in [6.07, 6.45) is -14.5. The van der Waals surface area contributed by atoms with Crippen LogP contribution in [0.3, 0.4) is 0 Å². The van der Waals surface area contributed by atoms with E-state index in [1.807, 2.05) is 0 Å². The number of carbonyl (C=O) groups excluding carboxylic acids is 5. The maximum atomic E-state index is 14.6. The van der Waals surface area contributed by atoms with Crippen molar-refractivity contribution >= 4 is 29.8 Å². The molecule has 9 rings (SSSR count). The molecular formula is C41H30O27. The van der Waals surface area contributed by atoms with Gasteiger partial charge in [-0.05, 0) is 36.4 Å². The zero-order chi connectivity index (χ0) is 49.4. The third kappa shape index (κ3) is 6.28. The van der Waals surface area contributed by atoms with Crippen LogP contribution in [0.4, 0.5) is 0 Å². The SMILES string of the molecule is O=C1OC2C3COC(=O)c4cc(O)c(O)c(O)c4-c4c(cc(O)c(O)c4O)C(=O)OC2C(OC(=O)c2cc(O)c(O)c4c2C2C1=CC(O)C(O)(O)C2(O)O4)C(OC(=O)c1cc(O)c(O)c(O)c1)O3. The number of aliphatic hydroxyl groups excluding tert-OH is 1. The smallest absolute Gasteiger partial charge is 0.340 e. The number of benzene rings is 4. The van der Waals surface area contributed by atoms with Crippen molar-refractivity contribution in [2.45, 2.75) is 54.3 Å². The van der Waals surface area contributed by atoms with Crippen LogP contribution in [0.25, 0.3) is 11.1 Å². The Balaban J connectivity index is 1.29. The normalized spacial score (nSPS) is 26.8. The standard InChI is InChI=1S/C41H30O27/c42-13-1-8(2-14(43)24(13)48)34(54)67-39-33-32-30(64-38(58)12-6-19(47)40(59,60)41(61)23(12)22-11(37(57)66-33)5-17(46)27(51)31(22)68-41)18(63-39)7-62-35(55)9-3-15(44)25(49)28(52)20(9)21-10(36(56)65-32)4-16(45)26(50)29(21)53/h1-6,18-19,23,30,32-33,39,42-53,59-61H,7H2. The predicted molar refractivity (Wildman–Crippen MR) is 205 cm³/mol. The van der Waals surface area contributed by atoms with Gasteiger partial charge >= 0.3 is 29.8 Å². The van der Waals surface area contributed by atoms with Gasteiger partial charge in [0.05, 0.1) is 33.7 Å². The molecule has 0 saturated carbocycles. The predicted octanol–water partition coefficient (Wildman–Crippen LogP) is -1.31. The molecule has 1 fully saturated rings. The Labute approximate surface area is 374 Å². The maximum absolute atomic E-state index is 14.6. The van der Waals surface area contributed by atoms with Crippen LogP contribution in [-0.2, 0) is 33.2 Å². The van der Waals surface area contributed by atoms with Crippen LogP contribution in [0.2, 0.25) is 0 Å². The van der Waals surface area contributed by atoms with Crippen molar-refractivity contribution in [2.75, 3.05) is 6.61 Å². The number of hydrogen-bond donors (Lipinski definition) is 15. The summed E-state index contributed by atoms with van der Waals surface area (Å²) < 4.78 is 39.3. The molecular weight excluding hydrogens is 924 g/mol. The number of hydrogen-bond acceptors (Lipinski definition) is 27. The van der Waals surface area contributed by atoms with E-state index in [1.165, 1.54) is 0 Å². The third-order valence-electron chi connectivity index (χ3n) is 11.7. The third-order valence-corrected chi connectivity index (χ3v) is 11.7. The van der Waals surface area contributed by atoms with Gasteiger partial charge in [0.15, 0.2) is 64.0 Å². The number of ether oxygens (including phenoxy) is 7. The molecule has 4 aromatic rings. The second-order valence-electron chi connectivity index (χ2n) is 15.6. The largest absolute Gasteiger partial charge is 0.504 e. The molecule has 8 atom stereocenters. The highest BCUT2D eigenvalue weighted by molar-refractivity contribution is 6.08. The van der Waals surface area contributed by atoms with E-state index in [9.17, 15) is 101 Å². The van der Waals surface area contributed by atoms with Crippen LogP contribution < -0.4 is 4.74 Å². The van der Waals surface area contributed by atoms with Gasteiger partial charge in [-0.1, -0.05) is 0 Å². The minimum atomic E-state index is -3.82. The minimum absolute atomic E-state index is 0.375. The lowest BCUT2D eigenvalue weighted by molar-refractivity contribution is -0.369. The number of phenolic OH excluding ortho intramolecular Hbond substituents is 11. The van der Waals surface area contributed by atoms with Crippen LogP contribution in [0.15, 0.2) is 42.0 Å². The van der Waals surface area contributed by atoms with Gasteiger partial charge in [0.2, 0.25) is 29.6 Å². The quantitative estimate of drug-likeness (QED) is 0.0480. The molecule has 8 unspecified atom stereocenters. The summed E-state index contributed by atoms with van der Waals surface area (Å²) >= 11 is 0. The Morgan fingerprint density at radius 1 is 0.588 bits per heavy atom. The highest BCUT2D eigenvalue weighted by atomic mass is 16.8. The van der Waals surface area contributed by atoms with Crippen molar-refractivity contribution in [2.24, 2.45) is 0 Å². The number of fused-ring (bicyclic) bond motifs is 3. The number of cyclic esters (lactones) is 1. The van der Waals surface area contributed by atoms with Gasteiger partial charge in [0.1, 0.15) is 18.8 Å². The first-order valence-electron chi connectivity index (χ1n) is 19.2. The lowest BCUT2D eigenvalue weighted by atomic mass is 9.73. The summed E-state index contributed by atoms with van der Waals surface area (Å²) in [5.41, 5.74) is -8.03. The van der Waals surface area contributed by atoms with Gasteiger partial charge in [-0.25, -0.2) is 24.0 Å². The fourth-order valence-electron chi connectivity index (χ4n) is 8.38. The van der Waals surface area contributed by atoms with Crippen LogP contribution >= 0.6 is 0 Å². The molecule has 15 N–H and O–H groups in total. The number of aliphatic hydroxyl groups is 4.